The monoisotopic (exact) mass is 288 g/mol. The molecule has 0 saturated heterocycles. The van der Waals surface area contributed by atoms with Crippen molar-refractivity contribution in [1.82, 2.24) is 14.4 Å². The molecule has 6 heteroatoms. The van der Waals surface area contributed by atoms with E-state index in [4.69, 9.17) is 23.2 Å². The van der Waals surface area contributed by atoms with Gasteiger partial charge in [0.05, 0.1) is 10.0 Å². The molecular weight excluding hydrogens is 283 g/mol. The van der Waals surface area contributed by atoms with E-state index in [0.29, 0.717) is 27.1 Å². The molecule has 19 heavy (non-hydrogen) atoms. The molecular formula is C13H6Cl2N4. The standard InChI is InChI=1S/C13H6Cl2N4/c14-9-5-10(15)13-18-12(8-1-3-17-4-2-8)11(6-16)19(13)7-9/h1-5,7H. The molecule has 3 aromatic rings. The van der Waals surface area contributed by atoms with E-state index in [2.05, 4.69) is 16.0 Å². The van der Waals surface area contributed by atoms with E-state index in [-0.39, 0.29) is 0 Å². The van der Waals surface area contributed by atoms with Crippen molar-refractivity contribution in [2.75, 3.05) is 0 Å². The lowest BCUT2D eigenvalue weighted by Crippen LogP contribution is -1.89. The van der Waals surface area contributed by atoms with Crippen molar-refractivity contribution in [2.24, 2.45) is 0 Å². The molecule has 0 fully saturated rings. The van der Waals surface area contributed by atoms with Gasteiger partial charge in [-0.15, -0.1) is 0 Å². The Morgan fingerprint density at radius 3 is 2.63 bits per heavy atom. The van der Waals surface area contributed by atoms with Crippen LogP contribution in [0.5, 0.6) is 0 Å². The average Bonchev–Trinajstić information content (AvgIpc) is 2.78. The predicted molar refractivity (Wildman–Crippen MR) is 73.2 cm³/mol. The Balaban J connectivity index is 2.39. The summed E-state index contributed by atoms with van der Waals surface area (Å²) < 4.78 is 1.60. The molecule has 0 N–H and O–H groups in total. The number of hydrogen-bond acceptors (Lipinski definition) is 3. The Morgan fingerprint density at radius 2 is 1.95 bits per heavy atom. The molecule has 0 aliphatic carbocycles. The van der Waals surface area contributed by atoms with Gasteiger partial charge in [-0.05, 0) is 18.2 Å². The summed E-state index contributed by atoms with van der Waals surface area (Å²) in [5.41, 5.74) is 2.27. The summed E-state index contributed by atoms with van der Waals surface area (Å²) in [6.07, 6.45) is 4.92. The summed E-state index contributed by atoms with van der Waals surface area (Å²) in [7, 11) is 0. The number of hydrogen-bond donors (Lipinski definition) is 0. The molecule has 0 aliphatic rings. The van der Waals surface area contributed by atoms with Crippen molar-refractivity contribution < 1.29 is 0 Å². The van der Waals surface area contributed by atoms with Crippen LogP contribution in [0.4, 0.5) is 0 Å². The Kier molecular flexibility index (Phi) is 2.86. The van der Waals surface area contributed by atoms with Gasteiger partial charge >= 0.3 is 0 Å². The summed E-state index contributed by atoms with van der Waals surface area (Å²) in [4.78, 5) is 8.36. The Morgan fingerprint density at radius 1 is 1.21 bits per heavy atom. The van der Waals surface area contributed by atoms with Gasteiger partial charge < -0.3 is 0 Å². The zero-order valence-electron chi connectivity index (χ0n) is 9.51. The molecule has 0 atom stereocenters. The number of aromatic nitrogens is 3. The van der Waals surface area contributed by atoms with Crippen LogP contribution < -0.4 is 0 Å². The SMILES string of the molecule is N#Cc1c(-c2ccncc2)nc2c(Cl)cc(Cl)cn12. The molecule has 0 saturated carbocycles. The second kappa shape index (κ2) is 4.54. The first-order valence-electron chi connectivity index (χ1n) is 5.38. The Bertz CT molecular complexity index is 803. The van der Waals surface area contributed by atoms with Crippen molar-refractivity contribution in [3.05, 3.63) is 52.5 Å². The third-order valence-corrected chi connectivity index (χ3v) is 3.19. The van der Waals surface area contributed by atoms with Crippen LogP contribution in [-0.4, -0.2) is 14.4 Å². The lowest BCUT2D eigenvalue weighted by atomic mass is 10.2. The summed E-state index contributed by atoms with van der Waals surface area (Å²) in [6.45, 7) is 0. The third kappa shape index (κ3) is 1.93. The highest BCUT2D eigenvalue weighted by Gasteiger charge is 2.16. The van der Waals surface area contributed by atoms with Crippen molar-refractivity contribution >= 4 is 28.8 Å². The quantitative estimate of drug-likeness (QED) is 0.688. The fourth-order valence-corrected chi connectivity index (χ4v) is 2.40. The van der Waals surface area contributed by atoms with E-state index in [1.165, 1.54) is 0 Å². The van der Waals surface area contributed by atoms with Crippen molar-refractivity contribution in [3.63, 3.8) is 0 Å². The fraction of sp³-hybridized carbons (Fsp3) is 0. The largest absolute Gasteiger partial charge is 0.288 e. The van der Waals surface area contributed by atoms with Gasteiger partial charge in [0.2, 0.25) is 0 Å². The van der Waals surface area contributed by atoms with Gasteiger partial charge in [0.25, 0.3) is 0 Å². The minimum atomic E-state index is 0.394. The smallest absolute Gasteiger partial charge is 0.157 e. The highest BCUT2D eigenvalue weighted by Crippen LogP contribution is 2.28. The fourth-order valence-electron chi connectivity index (χ4n) is 1.89. The Labute approximate surface area is 118 Å². The average molecular weight is 289 g/mol. The molecule has 4 nitrogen and oxygen atoms in total. The Hall–Kier alpha value is -2.09. The number of fused-ring (bicyclic) bond motifs is 1. The zero-order chi connectivity index (χ0) is 13.4. The molecule has 92 valence electrons. The van der Waals surface area contributed by atoms with Gasteiger partial charge in [0, 0.05) is 24.2 Å². The molecule has 3 heterocycles. The van der Waals surface area contributed by atoms with Gasteiger partial charge in [0.1, 0.15) is 11.8 Å². The molecule has 0 spiro atoms. The third-order valence-electron chi connectivity index (χ3n) is 2.70. The van der Waals surface area contributed by atoms with Crippen molar-refractivity contribution in [1.29, 1.82) is 5.26 Å². The number of halogens is 2. The van der Waals surface area contributed by atoms with E-state index in [9.17, 15) is 5.26 Å². The van der Waals surface area contributed by atoms with Crippen LogP contribution in [0, 0.1) is 11.3 Å². The number of nitriles is 1. The summed E-state index contributed by atoms with van der Waals surface area (Å²) in [6, 6.07) is 7.31. The molecule has 3 rings (SSSR count). The molecule has 0 bridgehead atoms. The first-order chi connectivity index (χ1) is 9.20. The topological polar surface area (TPSA) is 54.0 Å². The summed E-state index contributed by atoms with van der Waals surface area (Å²) in [5, 5.41) is 10.2. The predicted octanol–water partition coefficient (Wildman–Crippen LogP) is 3.57. The van der Waals surface area contributed by atoms with E-state index >= 15 is 0 Å². The number of rotatable bonds is 1. The van der Waals surface area contributed by atoms with Crippen LogP contribution in [0.25, 0.3) is 16.9 Å². The molecule has 0 amide bonds. The van der Waals surface area contributed by atoms with Crippen molar-refractivity contribution in [2.45, 2.75) is 0 Å². The van der Waals surface area contributed by atoms with Gasteiger partial charge in [0.15, 0.2) is 11.3 Å². The summed E-state index contributed by atoms with van der Waals surface area (Å²) >= 11 is 12.1. The molecule has 0 aliphatic heterocycles. The van der Waals surface area contributed by atoms with Gasteiger partial charge in [-0.2, -0.15) is 5.26 Å². The lowest BCUT2D eigenvalue weighted by molar-refractivity contribution is 1.15. The van der Waals surface area contributed by atoms with Crippen LogP contribution in [-0.2, 0) is 0 Å². The number of imidazole rings is 1. The minimum absolute atomic E-state index is 0.394. The van der Waals surface area contributed by atoms with Crippen LogP contribution in [0.15, 0.2) is 36.8 Å². The van der Waals surface area contributed by atoms with Crippen LogP contribution in [0.1, 0.15) is 5.69 Å². The molecule has 3 aromatic heterocycles. The van der Waals surface area contributed by atoms with Gasteiger partial charge in [-0.25, -0.2) is 4.98 Å². The minimum Gasteiger partial charge on any atom is -0.288 e. The highest BCUT2D eigenvalue weighted by atomic mass is 35.5. The number of pyridine rings is 2. The maximum Gasteiger partial charge on any atom is 0.157 e. The van der Waals surface area contributed by atoms with E-state index in [0.717, 1.165) is 5.56 Å². The zero-order valence-corrected chi connectivity index (χ0v) is 11.0. The van der Waals surface area contributed by atoms with E-state index < -0.39 is 0 Å². The van der Waals surface area contributed by atoms with Crippen LogP contribution in [0.2, 0.25) is 10.0 Å². The van der Waals surface area contributed by atoms with Crippen molar-refractivity contribution in [3.8, 4) is 17.3 Å². The molecule has 0 radical (unpaired) electrons. The maximum absolute atomic E-state index is 9.34. The first-order valence-corrected chi connectivity index (χ1v) is 6.14. The van der Waals surface area contributed by atoms with Crippen LogP contribution in [0.3, 0.4) is 0 Å². The second-order valence-electron chi connectivity index (χ2n) is 3.86. The highest BCUT2D eigenvalue weighted by molar-refractivity contribution is 6.36. The maximum atomic E-state index is 9.34. The lowest BCUT2D eigenvalue weighted by Gasteiger charge is -1.98. The van der Waals surface area contributed by atoms with E-state index in [1.54, 1.807) is 41.2 Å². The van der Waals surface area contributed by atoms with E-state index in [1.807, 2.05) is 0 Å². The summed E-state index contributed by atoms with van der Waals surface area (Å²) in [5.74, 6) is 0. The molecule has 0 unspecified atom stereocenters. The first kappa shape index (κ1) is 12.0. The molecule has 0 aromatic carbocycles. The van der Waals surface area contributed by atoms with Gasteiger partial charge in [-0.1, -0.05) is 23.2 Å². The normalized spacial score (nSPS) is 10.6. The second-order valence-corrected chi connectivity index (χ2v) is 4.70. The van der Waals surface area contributed by atoms with Gasteiger partial charge in [-0.3, -0.25) is 9.38 Å². The number of nitrogens with zero attached hydrogens (tertiary/aromatic N) is 4. The van der Waals surface area contributed by atoms with Crippen LogP contribution >= 0.6 is 23.2 Å².